The van der Waals surface area contributed by atoms with E-state index >= 15 is 0 Å². The molecule has 2 amide bonds. The van der Waals surface area contributed by atoms with Gasteiger partial charge in [-0.25, -0.2) is 4.98 Å². The standard InChI is InChI=1S/C20H18N4O2S/c25-18(24-11-3-5-14-4-1-2-6-16(14)24)13-22-19(26)17-12-23-20(27-17)15-7-9-21-10-8-15/h1-2,4,6-10,12H,3,5,11,13H2,(H,22,26). The Morgan fingerprint density at radius 2 is 1.96 bits per heavy atom. The number of carbonyl (C=O) groups is 2. The number of anilines is 1. The van der Waals surface area contributed by atoms with Gasteiger partial charge < -0.3 is 10.2 Å². The number of hydrogen-bond acceptors (Lipinski definition) is 5. The molecule has 0 bridgehead atoms. The second kappa shape index (κ2) is 7.67. The number of aromatic nitrogens is 2. The fraction of sp³-hybridized carbons (Fsp3) is 0.200. The van der Waals surface area contributed by atoms with E-state index < -0.39 is 0 Å². The summed E-state index contributed by atoms with van der Waals surface area (Å²) in [7, 11) is 0. The van der Waals surface area contributed by atoms with Gasteiger partial charge in [0.1, 0.15) is 9.88 Å². The van der Waals surface area contributed by atoms with Gasteiger partial charge in [0.15, 0.2) is 0 Å². The van der Waals surface area contributed by atoms with Crippen molar-refractivity contribution in [1.82, 2.24) is 15.3 Å². The van der Waals surface area contributed by atoms with E-state index in [4.69, 9.17) is 0 Å². The summed E-state index contributed by atoms with van der Waals surface area (Å²) < 4.78 is 0. The molecular formula is C20H18N4O2S. The maximum atomic E-state index is 12.6. The van der Waals surface area contributed by atoms with E-state index in [1.807, 2.05) is 36.4 Å². The monoisotopic (exact) mass is 378 g/mol. The largest absolute Gasteiger partial charge is 0.342 e. The lowest BCUT2D eigenvalue weighted by Crippen LogP contribution is -2.42. The van der Waals surface area contributed by atoms with E-state index in [1.54, 1.807) is 17.3 Å². The van der Waals surface area contributed by atoms with Crippen LogP contribution in [0.3, 0.4) is 0 Å². The molecule has 0 aliphatic carbocycles. The summed E-state index contributed by atoms with van der Waals surface area (Å²) in [5.74, 6) is -0.388. The summed E-state index contributed by atoms with van der Waals surface area (Å²) in [4.78, 5) is 35.5. The first-order valence-corrected chi connectivity index (χ1v) is 9.57. The molecule has 3 aromatic rings. The number of aryl methyl sites for hydroxylation is 1. The van der Waals surface area contributed by atoms with E-state index in [9.17, 15) is 9.59 Å². The molecule has 7 heteroatoms. The molecule has 0 atom stereocenters. The maximum Gasteiger partial charge on any atom is 0.263 e. The Balaban J connectivity index is 1.40. The number of nitrogens with zero attached hydrogens (tertiary/aromatic N) is 3. The lowest BCUT2D eigenvalue weighted by atomic mass is 10.0. The zero-order valence-corrected chi connectivity index (χ0v) is 15.4. The smallest absolute Gasteiger partial charge is 0.263 e. The van der Waals surface area contributed by atoms with Crippen LogP contribution in [0.25, 0.3) is 10.6 Å². The van der Waals surface area contributed by atoms with Gasteiger partial charge in [0.05, 0.1) is 12.7 Å². The topological polar surface area (TPSA) is 75.2 Å². The number of benzene rings is 1. The average molecular weight is 378 g/mol. The molecule has 1 aliphatic heterocycles. The molecule has 2 aromatic heterocycles. The van der Waals surface area contributed by atoms with Crippen LogP contribution in [-0.2, 0) is 11.2 Å². The first-order valence-electron chi connectivity index (χ1n) is 8.75. The van der Waals surface area contributed by atoms with Crippen molar-refractivity contribution in [1.29, 1.82) is 0 Å². The van der Waals surface area contributed by atoms with Gasteiger partial charge in [-0.3, -0.25) is 14.6 Å². The van der Waals surface area contributed by atoms with Gasteiger partial charge in [-0.05, 0) is 36.6 Å². The number of para-hydroxylation sites is 1. The first kappa shape index (κ1) is 17.4. The van der Waals surface area contributed by atoms with Crippen molar-refractivity contribution in [3.63, 3.8) is 0 Å². The quantitative estimate of drug-likeness (QED) is 0.757. The zero-order chi connectivity index (χ0) is 18.6. The number of fused-ring (bicyclic) bond motifs is 1. The van der Waals surface area contributed by atoms with Crippen molar-refractivity contribution in [2.75, 3.05) is 18.0 Å². The summed E-state index contributed by atoms with van der Waals surface area (Å²) >= 11 is 1.29. The van der Waals surface area contributed by atoms with Gasteiger partial charge in [-0.15, -0.1) is 11.3 Å². The molecule has 0 radical (unpaired) electrons. The number of carbonyl (C=O) groups excluding carboxylic acids is 2. The van der Waals surface area contributed by atoms with Gasteiger partial charge in [0, 0.05) is 30.2 Å². The van der Waals surface area contributed by atoms with Crippen molar-refractivity contribution >= 4 is 28.8 Å². The fourth-order valence-corrected chi connectivity index (χ4v) is 3.98. The van der Waals surface area contributed by atoms with E-state index in [2.05, 4.69) is 15.3 Å². The molecule has 3 heterocycles. The Bertz CT molecular complexity index is 971. The molecule has 0 fully saturated rings. The number of rotatable bonds is 4. The van der Waals surface area contributed by atoms with Crippen molar-refractivity contribution in [2.45, 2.75) is 12.8 Å². The summed E-state index contributed by atoms with van der Waals surface area (Å²) in [6.45, 7) is 0.647. The number of nitrogens with one attached hydrogen (secondary N) is 1. The highest BCUT2D eigenvalue weighted by Gasteiger charge is 2.22. The Morgan fingerprint density at radius 3 is 2.81 bits per heavy atom. The van der Waals surface area contributed by atoms with Gasteiger partial charge in [-0.1, -0.05) is 18.2 Å². The molecule has 0 saturated heterocycles. The zero-order valence-electron chi connectivity index (χ0n) is 14.6. The minimum Gasteiger partial charge on any atom is -0.342 e. The maximum absolute atomic E-state index is 12.6. The predicted molar refractivity (Wildman–Crippen MR) is 105 cm³/mol. The van der Waals surface area contributed by atoms with Gasteiger partial charge in [0.25, 0.3) is 5.91 Å². The molecule has 0 spiro atoms. The molecule has 1 aromatic carbocycles. The summed E-state index contributed by atoms with van der Waals surface area (Å²) in [5, 5.41) is 3.47. The molecule has 136 valence electrons. The molecule has 1 N–H and O–H groups in total. The fourth-order valence-electron chi connectivity index (χ4n) is 3.14. The Labute approximate surface area is 160 Å². The predicted octanol–water partition coefficient (Wildman–Crippen LogP) is 2.91. The SMILES string of the molecule is O=C(NCC(=O)N1CCCc2ccccc21)c1cnc(-c2ccncc2)s1. The minimum absolute atomic E-state index is 0.0321. The second-order valence-corrected chi connectivity index (χ2v) is 7.26. The van der Waals surface area contributed by atoms with Crippen LogP contribution in [0.5, 0.6) is 0 Å². The van der Waals surface area contributed by atoms with Crippen molar-refractivity contribution in [2.24, 2.45) is 0 Å². The molecule has 0 unspecified atom stereocenters. The van der Waals surface area contributed by atoms with E-state index in [0.717, 1.165) is 29.1 Å². The summed E-state index contributed by atoms with van der Waals surface area (Å²) in [6.07, 6.45) is 6.82. The van der Waals surface area contributed by atoms with Crippen molar-refractivity contribution in [3.05, 3.63) is 65.4 Å². The van der Waals surface area contributed by atoms with Gasteiger partial charge >= 0.3 is 0 Å². The van der Waals surface area contributed by atoms with E-state index in [-0.39, 0.29) is 18.4 Å². The van der Waals surface area contributed by atoms with Crippen LogP contribution in [0.15, 0.2) is 55.0 Å². The highest BCUT2D eigenvalue weighted by Crippen LogP contribution is 2.27. The van der Waals surface area contributed by atoms with Crippen LogP contribution >= 0.6 is 11.3 Å². The molecule has 27 heavy (non-hydrogen) atoms. The third kappa shape index (κ3) is 3.73. The minimum atomic E-state index is -0.286. The Hall–Kier alpha value is -3.06. The van der Waals surface area contributed by atoms with Crippen LogP contribution in [0.1, 0.15) is 21.7 Å². The molecular weight excluding hydrogens is 360 g/mol. The van der Waals surface area contributed by atoms with Gasteiger partial charge in [-0.2, -0.15) is 0 Å². The third-order valence-electron chi connectivity index (χ3n) is 4.47. The van der Waals surface area contributed by atoms with Crippen molar-refractivity contribution in [3.8, 4) is 10.6 Å². The lowest BCUT2D eigenvalue weighted by molar-refractivity contribution is -0.117. The number of pyridine rings is 1. The Morgan fingerprint density at radius 1 is 1.15 bits per heavy atom. The van der Waals surface area contributed by atoms with Crippen LogP contribution in [0, 0.1) is 0 Å². The summed E-state index contributed by atoms with van der Waals surface area (Å²) in [6, 6.07) is 11.6. The number of thiazole rings is 1. The van der Waals surface area contributed by atoms with Crippen LogP contribution in [0.4, 0.5) is 5.69 Å². The third-order valence-corrected chi connectivity index (χ3v) is 5.51. The average Bonchev–Trinajstić information content (AvgIpc) is 3.22. The summed E-state index contributed by atoms with van der Waals surface area (Å²) in [5.41, 5.74) is 3.03. The second-order valence-electron chi connectivity index (χ2n) is 6.23. The molecule has 1 aliphatic rings. The number of hydrogen-bond donors (Lipinski definition) is 1. The highest BCUT2D eigenvalue weighted by atomic mass is 32.1. The number of amides is 2. The molecule has 6 nitrogen and oxygen atoms in total. The van der Waals surface area contributed by atoms with E-state index in [0.29, 0.717) is 11.4 Å². The first-order chi connectivity index (χ1) is 13.2. The van der Waals surface area contributed by atoms with Crippen LogP contribution in [0.2, 0.25) is 0 Å². The molecule has 0 saturated carbocycles. The van der Waals surface area contributed by atoms with Crippen LogP contribution < -0.4 is 10.2 Å². The normalized spacial score (nSPS) is 13.1. The molecule has 4 rings (SSSR count). The van der Waals surface area contributed by atoms with Crippen LogP contribution in [-0.4, -0.2) is 34.9 Å². The van der Waals surface area contributed by atoms with Gasteiger partial charge in [0.2, 0.25) is 5.91 Å². The highest BCUT2D eigenvalue weighted by molar-refractivity contribution is 7.16. The van der Waals surface area contributed by atoms with E-state index in [1.165, 1.54) is 23.1 Å². The Kier molecular flexibility index (Phi) is 4.93. The van der Waals surface area contributed by atoms with Crippen molar-refractivity contribution < 1.29 is 9.59 Å². The lowest BCUT2D eigenvalue weighted by Gasteiger charge is -2.29.